The van der Waals surface area contributed by atoms with E-state index in [1.54, 1.807) is 5.57 Å². The minimum absolute atomic E-state index is 0.0958. The van der Waals surface area contributed by atoms with Crippen LogP contribution in [0.3, 0.4) is 0 Å². The highest BCUT2D eigenvalue weighted by molar-refractivity contribution is 5.31. The summed E-state index contributed by atoms with van der Waals surface area (Å²) in [5, 5.41) is 9.43. The van der Waals surface area contributed by atoms with Crippen molar-refractivity contribution in [2.45, 2.75) is 119 Å². The van der Waals surface area contributed by atoms with Crippen LogP contribution in [0.1, 0.15) is 113 Å². The molecule has 0 saturated heterocycles. The first kappa shape index (κ1) is 25.5. The topological polar surface area (TPSA) is 29.5 Å². The molecule has 0 aromatic rings. The van der Waals surface area contributed by atoms with Gasteiger partial charge in [-0.1, -0.05) is 57.9 Å². The highest BCUT2D eigenvalue weighted by atomic mass is 17.1. The van der Waals surface area contributed by atoms with Gasteiger partial charge in [0, 0.05) is 0 Å². The highest BCUT2D eigenvalue weighted by Gasteiger charge is 2.61. The Hall–Kier alpha value is -0.600. The van der Waals surface area contributed by atoms with Crippen molar-refractivity contribution in [1.29, 1.82) is 0 Å². The molecule has 0 spiro atoms. The van der Waals surface area contributed by atoms with E-state index in [0.717, 1.165) is 36.0 Å². The molecule has 33 heavy (non-hydrogen) atoms. The van der Waals surface area contributed by atoms with Crippen LogP contribution in [0, 0.1) is 51.8 Å². The summed E-state index contributed by atoms with van der Waals surface area (Å²) in [5.74, 6) is 4.74. The molecular weight excluding hydrogens is 404 g/mol. The maximum absolute atomic E-state index is 9.43. The zero-order valence-electron chi connectivity index (χ0n) is 22.9. The van der Waals surface area contributed by atoms with Gasteiger partial charge in [-0.15, -0.1) is 0 Å². The molecule has 2 heteroatoms. The Morgan fingerprint density at radius 2 is 1.76 bits per heavy atom. The van der Waals surface area contributed by atoms with Gasteiger partial charge < -0.3 is 0 Å². The standard InChI is InChI=1S/C31H52O2/c1-20(2)10-9-11-21(3)24-13-14-26-23-12-15-28-29(5,6)25(22(4)33-32)16-19-31(28,8)27(23)17-18-30(24,26)7/h10,15,21-27,32H,9,11-14,16-19H2,1-8H3. The third-order valence-corrected chi connectivity index (χ3v) is 11.7. The molecule has 9 unspecified atom stereocenters. The smallest absolute Gasteiger partial charge is 0.0935 e. The molecule has 0 aromatic heterocycles. The van der Waals surface area contributed by atoms with Crippen LogP contribution < -0.4 is 0 Å². The number of fused-ring (bicyclic) bond motifs is 5. The van der Waals surface area contributed by atoms with E-state index in [1.807, 2.05) is 6.92 Å². The van der Waals surface area contributed by atoms with E-state index in [2.05, 4.69) is 60.6 Å². The van der Waals surface area contributed by atoms with Crippen LogP contribution in [-0.4, -0.2) is 11.4 Å². The molecule has 0 heterocycles. The first-order valence-corrected chi connectivity index (χ1v) is 14.1. The summed E-state index contributed by atoms with van der Waals surface area (Å²) < 4.78 is 0. The van der Waals surface area contributed by atoms with Crippen LogP contribution >= 0.6 is 0 Å². The van der Waals surface area contributed by atoms with Gasteiger partial charge in [0.2, 0.25) is 0 Å². The molecule has 4 aliphatic rings. The monoisotopic (exact) mass is 456 g/mol. The summed E-state index contributed by atoms with van der Waals surface area (Å²) in [4.78, 5) is 4.86. The normalized spacial score (nSPS) is 43.5. The molecule has 2 nitrogen and oxygen atoms in total. The van der Waals surface area contributed by atoms with Gasteiger partial charge in [0.25, 0.3) is 0 Å². The lowest BCUT2D eigenvalue weighted by Crippen LogP contribution is -2.54. The molecule has 1 N–H and O–H groups in total. The van der Waals surface area contributed by atoms with E-state index in [9.17, 15) is 5.26 Å². The van der Waals surface area contributed by atoms with Gasteiger partial charge in [-0.3, -0.25) is 5.26 Å². The molecule has 0 aliphatic heterocycles. The van der Waals surface area contributed by atoms with Gasteiger partial charge in [-0.25, -0.2) is 4.89 Å². The maximum atomic E-state index is 9.43. The molecule has 0 aromatic carbocycles. The first-order chi connectivity index (χ1) is 15.5. The van der Waals surface area contributed by atoms with Gasteiger partial charge in [0.15, 0.2) is 0 Å². The van der Waals surface area contributed by atoms with Crippen molar-refractivity contribution in [1.82, 2.24) is 0 Å². The average molecular weight is 457 g/mol. The molecule has 4 aliphatic carbocycles. The Morgan fingerprint density at radius 1 is 1.03 bits per heavy atom. The van der Waals surface area contributed by atoms with Crippen molar-refractivity contribution in [2.24, 2.45) is 51.8 Å². The number of hydrogen-bond acceptors (Lipinski definition) is 2. The number of rotatable bonds is 6. The lowest BCUT2D eigenvalue weighted by atomic mass is 9.43. The summed E-state index contributed by atoms with van der Waals surface area (Å²) in [5.41, 5.74) is 4.11. The third kappa shape index (κ3) is 4.10. The summed E-state index contributed by atoms with van der Waals surface area (Å²) in [6.07, 6.45) is 17.1. The Kier molecular flexibility index (Phi) is 7.05. The molecule has 0 bridgehead atoms. The van der Waals surface area contributed by atoms with Crippen LogP contribution in [0.25, 0.3) is 0 Å². The van der Waals surface area contributed by atoms with E-state index >= 15 is 0 Å². The van der Waals surface area contributed by atoms with Crippen LogP contribution in [0.5, 0.6) is 0 Å². The quantitative estimate of drug-likeness (QED) is 0.245. The second kappa shape index (κ2) is 9.12. The zero-order valence-corrected chi connectivity index (χ0v) is 22.9. The van der Waals surface area contributed by atoms with Gasteiger partial charge >= 0.3 is 0 Å². The van der Waals surface area contributed by atoms with Crippen LogP contribution in [0.2, 0.25) is 0 Å². The van der Waals surface area contributed by atoms with Crippen molar-refractivity contribution >= 4 is 0 Å². The molecule has 3 fully saturated rings. The van der Waals surface area contributed by atoms with E-state index in [1.165, 1.54) is 56.9 Å². The molecule has 0 radical (unpaired) electrons. The van der Waals surface area contributed by atoms with Crippen molar-refractivity contribution in [2.75, 3.05) is 0 Å². The van der Waals surface area contributed by atoms with Gasteiger partial charge in [0.1, 0.15) is 0 Å². The molecule has 4 rings (SSSR count). The minimum atomic E-state index is -0.0961. The van der Waals surface area contributed by atoms with E-state index < -0.39 is 0 Å². The van der Waals surface area contributed by atoms with Gasteiger partial charge in [0.05, 0.1) is 6.10 Å². The third-order valence-electron chi connectivity index (χ3n) is 11.7. The van der Waals surface area contributed by atoms with Crippen molar-refractivity contribution in [3.05, 3.63) is 23.3 Å². The van der Waals surface area contributed by atoms with Gasteiger partial charge in [-0.2, -0.15) is 0 Å². The Morgan fingerprint density at radius 3 is 2.42 bits per heavy atom. The van der Waals surface area contributed by atoms with E-state index in [4.69, 9.17) is 4.89 Å². The Labute approximate surface area is 204 Å². The number of hydrogen-bond donors (Lipinski definition) is 1. The molecule has 3 saturated carbocycles. The summed E-state index contributed by atoms with van der Waals surface area (Å²) in [7, 11) is 0. The molecular formula is C31H52O2. The first-order valence-electron chi connectivity index (χ1n) is 14.1. The lowest BCUT2D eigenvalue weighted by molar-refractivity contribution is -0.294. The lowest BCUT2D eigenvalue weighted by Gasteiger charge is -2.62. The van der Waals surface area contributed by atoms with Crippen LogP contribution in [0.4, 0.5) is 0 Å². The van der Waals surface area contributed by atoms with Crippen molar-refractivity contribution < 1.29 is 10.1 Å². The average Bonchev–Trinajstić information content (AvgIpc) is 3.10. The minimum Gasteiger partial charge on any atom is -0.252 e. The van der Waals surface area contributed by atoms with E-state index in [-0.39, 0.29) is 11.5 Å². The Bertz CT molecular complexity index is 774. The summed E-state index contributed by atoms with van der Waals surface area (Å²) >= 11 is 0. The van der Waals surface area contributed by atoms with Crippen LogP contribution in [0.15, 0.2) is 23.3 Å². The predicted molar refractivity (Wildman–Crippen MR) is 139 cm³/mol. The Balaban J connectivity index is 1.56. The fourth-order valence-corrected chi connectivity index (χ4v) is 10.1. The van der Waals surface area contributed by atoms with Crippen molar-refractivity contribution in [3.63, 3.8) is 0 Å². The zero-order chi connectivity index (χ0) is 24.2. The summed E-state index contributed by atoms with van der Waals surface area (Å²) in [6.45, 7) is 19.2. The highest BCUT2D eigenvalue weighted by Crippen LogP contribution is 2.69. The maximum Gasteiger partial charge on any atom is 0.0935 e. The predicted octanol–water partition coefficient (Wildman–Crippen LogP) is 9.08. The fourth-order valence-electron chi connectivity index (χ4n) is 10.1. The fraction of sp³-hybridized carbons (Fsp3) is 0.871. The molecule has 9 atom stereocenters. The van der Waals surface area contributed by atoms with Crippen molar-refractivity contribution in [3.8, 4) is 0 Å². The molecule has 188 valence electrons. The second-order valence-corrected chi connectivity index (χ2v) is 13.9. The largest absolute Gasteiger partial charge is 0.252 e. The van der Waals surface area contributed by atoms with Crippen LogP contribution in [-0.2, 0) is 4.89 Å². The van der Waals surface area contributed by atoms with E-state index in [0.29, 0.717) is 16.7 Å². The molecule has 0 amide bonds. The van der Waals surface area contributed by atoms with Gasteiger partial charge in [-0.05, 0) is 130 Å². The summed E-state index contributed by atoms with van der Waals surface area (Å²) in [6, 6.07) is 0. The second-order valence-electron chi connectivity index (χ2n) is 13.9. The number of allylic oxidation sites excluding steroid dienone is 4. The SMILES string of the molecule is CC(C)=CCCC(C)C1CCC2C3CC=C4C(C)(C)C(C(C)OO)CCC4(C)C3CCC12C.